The SMILES string of the molecule is CCC(C)(CCCl)NC(=O)c1cc(OC)ccc1O. The molecule has 4 nitrogen and oxygen atoms in total. The number of phenolic OH excluding ortho intramolecular Hbond substituents is 1. The lowest BCUT2D eigenvalue weighted by Gasteiger charge is -2.29. The minimum Gasteiger partial charge on any atom is -0.507 e. The van der Waals surface area contributed by atoms with Gasteiger partial charge >= 0.3 is 0 Å². The van der Waals surface area contributed by atoms with Gasteiger partial charge in [0.15, 0.2) is 0 Å². The monoisotopic (exact) mass is 285 g/mol. The Hall–Kier alpha value is -1.42. The first kappa shape index (κ1) is 15.6. The van der Waals surface area contributed by atoms with E-state index in [1.807, 2.05) is 13.8 Å². The molecular formula is C14H20ClNO3. The number of benzene rings is 1. The Morgan fingerprint density at radius 2 is 2.21 bits per heavy atom. The Labute approximate surface area is 118 Å². The van der Waals surface area contributed by atoms with Crippen molar-refractivity contribution in [3.63, 3.8) is 0 Å². The Bertz CT molecular complexity index is 450. The molecule has 0 saturated carbocycles. The molecule has 0 aromatic heterocycles. The highest BCUT2D eigenvalue weighted by Gasteiger charge is 2.25. The number of methoxy groups -OCH3 is 1. The van der Waals surface area contributed by atoms with Gasteiger partial charge in [-0.25, -0.2) is 0 Å². The molecule has 0 saturated heterocycles. The fourth-order valence-electron chi connectivity index (χ4n) is 1.70. The van der Waals surface area contributed by atoms with Crippen LogP contribution in [0, 0.1) is 0 Å². The molecule has 0 fully saturated rings. The van der Waals surface area contributed by atoms with Crippen LogP contribution in [0.4, 0.5) is 0 Å². The summed E-state index contributed by atoms with van der Waals surface area (Å²) in [5.74, 6) is 0.598. The third kappa shape index (κ3) is 4.03. The van der Waals surface area contributed by atoms with Crippen molar-refractivity contribution < 1.29 is 14.6 Å². The van der Waals surface area contributed by atoms with E-state index in [9.17, 15) is 9.90 Å². The number of ether oxygens (including phenoxy) is 1. The zero-order valence-electron chi connectivity index (χ0n) is 11.5. The van der Waals surface area contributed by atoms with E-state index < -0.39 is 0 Å². The number of phenols is 1. The van der Waals surface area contributed by atoms with Gasteiger partial charge in [0.1, 0.15) is 11.5 Å². The minimum atomic E-state index is -0.381. The molecule has 0 aliphatic rings. The lowest BCUT2D eigenvalue weighted by molar-refractivity contribution is 0.0898. The summed E-state index contributed by atoms with van der Waals surface area (Å²) in [4.78, 5) is 12.2. The van der Waals surface area contributed by atoms with Crippen molar-refractivity contribution in [1.82, 2.24) is 5.32 Å². The summed E-state index contributed by atoms with van der Waals surface area (Å²) in [6, 6.07) is 4.56. The molecule has 0 spiro atoms. The Morgan fingerprint density at radius 1 is 1.53 bits per heavy atom. The summed E-state index contributed by atoms with van der Waals surface area (Å²) in [7, 11) is 1.51. The van der Waals surface area contributed by atoms with Crippen LogP contribution in [0.25, 0.3) is 0 Å². The van der Waals surface area contributed by atoms with E-state index in [1.165, 1.54) is 19.2 Å². The van der Waals surface area contributed by atoms with Crippen molar-refractivity contribution >= 4 is 17.5 Å². The smallest absolute Gasteiger partial charge is 0.255 e. The second-order valence-corrected chi connectivity index (χ2v) is 5.07. The Kier molecular flexibility index (Phi) is 5.48. The number of carbonyl (C=O) groups excluding carboxylic acids is 1. The highest BCUT2D eigenvalue weighted by Crippen LogP contribution is 2.24. The zero-order chi connectivity index (χ0) is 14.5. The number of hydrogen-bond acceptors (Lipinski definition) is 3. The van der Waals surface area contributed by atoms with Crippen molar-refractivity contribution in [2.75, 3.05) is 13.0 Å². The van der Waals surface area contributed by atoms with Gasteiger partial charge < -0.3 is 15.2 Å². The molecule has 19 heavy (non-hydrogen) atoms. The minimum absolute atomic E-state index is 0.0670. The van der Waals surface area contributed by atoms with E-state index in [2.05, 4.69) is 5.32 Å². The molecule has 0 aliphatic carbocycles. The third-order valence-corrected chi connectivity index (χ3v) is 3.48. The molecule has 0 radical (unpaired) electrons. The van der Waals surface area contributed by atoms with Gasteiger partial charge in [-0.05, 0) is 38.0 Å². The summed E-state index contributed by atoms with van der Waals surface area (Å²) >= 11 is 5.75. The van der Waals surface area contributed by atoms with Crippen LogP contribution in [0.1, 0.15) is 37.0 Å². The van der Waals surface area contributed by atoms with Crippen LogP contribution in [-0.4, -0.2) is 29.5 Å². The van der Waals surface area contributed by atoms with Crippen LogP contribution in [0.2, 0.25) is 0 Å². The molecule has 5 heteroatoms. The largest absolute Gasteiger partial charge is 0.507 e. The lowest BCUT2D eigenvalue weighted by Crippen LogP contribution is -2.45. The second-order valence-electron chi connectivity index (χ2n) is 4.69. The fraction of sp³-hybridized carbons (Fsp3) is 0.500. The Balaban J connectivity index is 2.94. The van der Waals surface area contributed by atoms with Gasteiger partial charge in [-0.1, -0.05) is 6.92 Å². The first-order valence-corrected chi connectivity index (χ1v) is 6.74. The van der Waals surface area contributed by atoms with Crippen molar-refractivity contribution in [2.45, 2.75) is 32.2 Å². The van der Waals surface area contributed by atoms with Crippen molar-refractivity contribution in [1.29, 1.82) is 0 Å². The van der Waals surface area contributed by atoms with E-state index in [-0.39, 0.29) is 22.8 Å². The van der Waals surface area contributed by atoms with Gasteiger partial charge in [0.05, 0.1) is 12.7 Å². The second kappa shape index (κ2) is 6.66. The fourth-order valence-corrected chi connectivity index (χ4v) is 2.12. The molecule has 0 aliphatic heterocycles. The predicted octanol–water partition coefficient (Wildman–Crippen LogP) is 2.93. The quantitative estimate of drug-likeness (QED) is 0.790. The van der Waals surface area contributed by atoms with Crippen LogP contribution in [0.15, 0.2) is 18.2 Å². The van der Waals surface area contributed by atoms with Gasteiger partial charge in [-0.2, -0.15) is 0 Å². The number of hydrogen-bond donors (Lipinski definition) is 2. The number of nitrogens with one attached hydrogen (secondary N) is 1. The van der Waals surface area contributed by atoms with Gasteiger partial charge in [0.2, 0.25) is 0 Å². The topological polar surface area (TPSA) is 58.6 Å². The zero-order valence-corrected chi connectivity index (χ0v) is 12.3. The summed E-state index contributed by atoms with van der Waals surface area (Å²) in [6.45, 7) is 3.92. The summed E-state index contributed by atoms with van der Waals surface area (Å²) in [5, 5.41) is 12.7. The summed E-state index contributed by atoms with van der Waals surface area (Å²) in [5.41, 5.74) is -0.178. The molecule has 0 bridgehead atoms. The van der Waals surface area contributed by atoms with E-state index in [0.717, 1.165) is 6.42 Å². The Morgan fingerprint density at radius 3 is 2.74 bits per heavy atom. The normalized spacial score (nSPS) is 13.7. The molecule has 1 aromatic carbocycles. The predicted molar refractivity (Wildman–Crippen MR) is 76.2 cm³/mol. The summed E-state index contributed by atoms with van der Waals surface area (Å²) in [6.07, 6.45) is 1.43. The van der Waals surface area contributed by atoms with E-state index in [0.29, 0.717) is 18.1 Å². The van der Waals surface area contributed by atoms with E-state index in [4.69, 9.17) is 16.3 Å². The molecule has 2 N–H and O–H groups in total. The van der Waals surface area contributed by atoms with Gasteiger partial charge in [-0.15, -0.1) is 11.6 Å². The first-order valence-electron chi connectivity index (χ1n) is 6.21. The maximum Gasteiger partial charge on any atom is 0.255 e. The number of rotatable bonds is 6. The standard InChI is InChI=1S/C14H20ClNO3/c1-4-14(2,7-8-15)16-13(18)11-9-10(19-3)5-6-12(11)17/h5-6,9,17H,4,7-8H2,1-3H3,(H,16,18). The van der Waals surface area contributed by atoms with Crippen LogP contribution in [0.3, 0.4) is 0 Å². The van der Waals surface area contributed by atoms with Gasteiger partial charge in [0, 0.05) is 11.4 Å². The van der Waals surface area contributed by atoms with Crippen LogP contribution >= 0.6 is 11.6 Å². The third-order valence-electron chi connectivity index (χ3n) is 3.29. The van der Waals surface area contributed by atoms with Crippen LogP contribution in [-0.2, 0) is 0 Å². The molecule has 1 atom stereocenters. The van der Waals surface area contributed by atoms with Crippen molar-refractivity contribution in [3.05, 3.63) is 23.8 Å². The number of alkyl halides is 1. The average molecular weight is 286 g/mol. The molecule has 1 amide bonds. The van der Waals surface area contributed by atoms with Crippen LogP contribution < -0.4 is 10.1 Å². The van der Waals surface area contributed by atoms with Crippen molar-refractivity contribution in [3.8, 4) is 11.5 Å². The maximum absolute atomic E-state index is 12.2. The van der Waals surface area contributed by atoms with E-state index in [1.54, 1.807) is 6.07 Å². The first-order chi connectivity index (χ1) is 8.95. The molecular weight excluding hydrogens is 266 g/mol. The molecule has 0 heterocycles. The van der Waals surface area contributed by atoms with Gasteiger partial charge in [0.25, 0.3) is 5.91 Å². The lowest BCUT2D eigenvalue weighted by atomic mass is 9.95. The van der Waals surface area contributed by atoms with Crippen LogP contribution in [0.5, 0.6) is 11.5 Å². The number of aromatic hydroxyl groups is 1. The molecule has 1 aromatic rings. The number of amides is 1. The highest BCUT2D eigenvalue weighted by atomic mass is 35.5. The number of carbonyl (C=O) groups is 1. The van der Waals surface area contributed by atoms with Gasteiger partial charge in [-0.3, -0.25) is 4.79 Å². The average Bonchev–Trinajstić information content (AvgIpc) is 2.39. The maximum atomic E-state index is 12.2. The highest BCUT2D eigenvalue weighted by molar-refractivity contribution is 6.17. The van der Waals surface area contributed by atoms with E-state index >= 15 is 0 Å². The molecule has 106 valence electrons. The molecule has 1 unspecified atom stereocenters. The molecule has 1 rings (SSSR count). The summed E-state index contributed by atoms with van der Waals surface area (Å²) < 4.78 is 5.05. The number of halogens is 1. The van der Waals surface area contributed by atoms with Crippen molar-refractivity contribution in [2.24, 2.45) is 0 Å².